The highest BCUT2D eigenvalue weighted by atomic mass is 32.2. The van der Waals surface area contributed by atoms with Crippen LogP contribution in [0.3, 0.4) is 0 Å². The van der Waals surface area contributed by atoms with E-state index in [0.717, 1.165) is 9.87 Å². The van der Waals surface area contributed by atoms with E-state index in [4.69, 9.17) is 18.9 Å². The zero-order valence-corrected chi connectivity index (χ0v) is 51.3. The van der Waals surface area contributed by atoms with E-state index >= 15 is 0 Å². The van der Waals surface area contributed by atoms with Crippen molar-refractivity contribution in [1.82, 2.24) is 30.9 Å². The third-order valence-corrected chi connectivity index (χ3v) is 16.1. The molecule has 86 heavy (non-hydrogen) atoms. The maximum Gasteiger partial charge on any atom is 0.408 e. The summed E-state index contributed by atoms with van der Waals surface area (Å²) < 4.78 is 86.2. The average molecular weight is 1250 g/mol. The number of amides is 6. The number of ether oxygens (including phenoxy) is 4. The first-order chi connectivity index (χ1) is 40.4. The zero-order valence-electron chi connectivity index (χ0n) is 49.7. The SMILES string of the molecule is Cc1ccc(S(=O)(=O)N(CCCC(=O)NCCNC(=O)CCCCCNC(=O)[C@H](CC[C@H](CNC(=O)OC(C)(C)C)O[C@@H]2O[C@H](CO)[C@H](O)[C@H](O)[C@H]2O)NC(=O)OC(C)(C)C)C(=O)c2c3ccccc3[n+](CCCS(=O)(=O)O)c3ccccc23)cc1. The molecule has 1 saturated heterocycles. The van der Waals surface area contributed by atoms with E-state index in [1.165, 1.54) is 12.1 Å². The van der Waals surface area contributed by atoms with Gasteiger partial charge in [0.05, 0.1) is 39.7 Å². The van der Waals surface area contributed by atoms with Crippen LogP contribution in [0.2, 0.25) is 0 Å². The highest BCUT2D eigenvalue weighted by Gasteiger charge is 2.45. The smallest absolute Gasteiger partial charge is 0.408 e. The number of para-hydroxylation sites is 2. The summed E-state index contributed by atoms with van der Waals surface area (Å²) in [5, 5.41) is 55.1. The quantitative estimate of drug-likeness (QED) is 0.0155. The van der Waals surface area contributed by atoms with Crippen LogP contribution in [0.1, 0.15) is 115 Å². The predicted molar refractivity (Wildman–Crippen MR) is 314 cm³/mol. The Morgan fingerprint density at radius 1 is 0.674 bits per heavy atom. The molecule has 26 nitrogen and oxygen atoms in total. The second-order valence-corrected chi connectivity index (χ2v) is 26.3. The van der Waals surface area contributed by atoms with Gasteiger partial charge in [0.25, 0.3) is 26.0 Å². The number of aromatic nitrogens is 1. The highest BCUT2D eigenvalue weighted by Crippen LogP contribution is 2.30. The van der Waals surface area contributed by atoms with Crippen LogP contribution in [0.15, 0.2) is 77.7 Å². The van der Waals surface area contributed by atoms with E-state index in [1.807, 2.05) is 4.57 Å². The standard InChI is InChI=1S/C58H83N7O19S2/c1-37-23-26-39(27-24-37)86(79,80)65(53(73)48-40-17-10-12-19-43(40)64(32-16-34-85(76,77)78)44-20-13-11-18-41(44)48)33-15-22-47(68)60-31-30-59-46(67)21-9-8-14-29-61-52(72)42(63-56(75)84-58(5,6)7)28-25-38(35-62-55(74)83-57(2,3)4)81-54-51(71)50(70)49(69)45(36-66)82-54/h10-13,17-20,23-24,26-27,38,42,45,49-51,54,66,69-71H,8-9,14-16,21-22,25,28-36H2,1-7H3,(H5-,59,60,61,62,63,67,68,72,74,75,76,77,78)/p+1/t38-,42+,45-,49+,50+,51-,54-/m1/s1. The van der Waals surface area contributed by atoms with E-state index in [2.05, 4.69) is 26.6 Å². The number of aryl methyl sites for hydroxylation is 2. The Bertz CT molecular complexity index is 3130. The lowest BCUT2D eigenvalue weighted by Gasteiger charge is -2.41. The lowest BCUT2D eigenvalue weighted by atomic mass is 9.99. The molecule has 1 aliphatic heterocycles. The van der Waals surface area contributed by atoms with Gasteiger partial charge in [0, 0.05) is 64.1 Å². The van der Waals surface area contributed by atoms with Gasteiger partial charge in [0.15, 0.2) is 12.8 Å². The number of nitrogens with zero attached hydrogens (tertiary/aromatic N) is 2. The van der Waals surface area contributed by atoms with E-state index in [9.17, 15) is 70.6 Å². The van der Waals surface area contributed by atoms with Crippen LogP contribution in [0.4, 0.5) is 9.59 Å². The molecule has 28 heteroatoms. The molecule has 1 aliphatic rings. The number of pyridine rings is 1. The summed E-state index contributed by atoms with van der Waals surface area (Å²) in [6.07, 6.45) is -9.69. The number of carbonyl (C=O) groups excluding carboxylic acids is 6. The van der Waals surface area contributed by atoms with Crippen LogP contribution in [0.5, 0.6) is 0 Å². The molecule has 2 heterocycles. The number of hydrogen-bond acceptors (Lipinski definition) is 18. The molecule has 5 rings (SSSR count). The van der Waals surface area contributed by atoms with Crippen LogP contribution < -0.4 is 31.2 Å². The molecule has 6 amide bonds. The van der Waals surface area contributed by atoms with Crippen molar-refractivity contribution in [3.63, 3.8) is 0 Å². The van der Waals surface area contributed by atoms with Crippen LogP contribution in [0.25, 0.3) is 21.8 Å². The molecule has 0 unspecified atom stereocenters. The summed E-state index contributed by atoms with van der Waals surface area (Å²) in [4.78, 5) is 79.7. The molecular formula is C58H84N7O19S2+. The molecule has 0 spiro atoms. The number of benzene rings is 3. The van der Waals surface area contributed by atoms with Gasteiger partial charge in [-0.25, -0.2) is 22.3 Å². The van der Waals surface area contributed by atoms with Crippen LogP contribution in [0, 0.1) is 6.92 Å². The molecule has 0 radical (unpaired) electrons. The fourth-order valence-electron chi connectivity index (χ4n) is 9.34. The van der Waals surface area contributed by atoms with Gasteiger partial charge < -0.3 is 66.0 Å². The van der Waals surface area contributed by atoms with E-state index in [-0.39, 0.29) is 94.2 Å². The van der Waals surface area contributed by atoms with Crippen molar-refractivity contribution in [3.8, 4) is 0 Å². The second-order valence-electron chi connectivity index (χ2n) is 22.9. The molecule has 0 bridgehead atoms. The topological polar surface area (TPSA) is 376 Å². The Morgan fingerprint density at radius 2 is 1.24 bits per heavy atom. The Kier molecular flexibility index (Phi) is 26.0. The lowest BCUT2D eigenvalue weighted by Crippen LogP contribution is -2.60. The lowest BCUT2D eigenvalue weighted by molar-refractivity contribution is -0.645. The van der Waals surface area contributed by atoms with Crippen molar-refractivity contribution in [2.24, 2.45) is 0 Å². The number of carbonyl (C=O) groups is 6. The van der Waals surface area contributed by atoms with E-state index in [0.29, 0.717) is 41.1 Å². The van der Waals surface area contributed by atoms with Crippen molar-refractivity contribution >= 4 is 77.8 Å². The minimum absolute atomic E-state index is 0.0481. The number of unbranched alkanes of at least 4 members (excludes halogenated alkanes) is 2. The normalized spacial score (nSPS) is 18.1. The van der Waals surface area contributed by atoms with Gasteiger partial charge in [-0.05, 0) is 105 Å². The van der Waals surface area contributed by atoms with Gasteiger partial charge in [-0.1, -0.05) is 48.4 Å². The summed E-state index contributed by atoms with van der Waals surface area (Å²) >= 11 is 0. The highest BCUT2D eigenvalue weighted by molar-refractivity contribution is 7.89. The maximum atomic E-state index is 14.9. The Labute approximate surface area is 501 Å². The fraction of sp³-hybridized carbons (Fsp3) is 0.569. The van der Waals surface area contributed by atoms with E-state index in [1.54, 1.807) is 109 Å². The molecule has 476 valence electrons. The van der Waals surface area contributed by atoms with Crippen molar-refractivity contribution < 1.29 is 94.1 Å². The number of nitrogens with one attached hydrogen (secondary N) is 5. The molecule has 10 N–H and O–H groups in total. The number of hydrogen-bond donors (Lipinski definition) is 10. The molecular weight excluding hydrogens is 1160 g/mol. The number of aliphatic hydroxyl groups is 4. The first kappa shape index (κ1) is 70.1. The number of sulfonamides is 1. The summed E-state index contributed by atoms with van der Waals surface area (Å²) in [5.74, 6) is -2.69. The van der Waals surface area contributed by atoms with Gasteiger partial charge in [0.1, 0.15) is 41.7 Å². The molecule has 7 atom stereocenters. The van der Waals surface area contributed by atoms with Crippen LogP contribution in [-0.2, 0) is 60.0 Å². The Hall–Kier alpha value is -6.63. The van der Waals surface area contributed by atoms with Crippen molar-refractivity contribution in [2.75, 3.05) is 45.1 Å². The van der Waals surface area contributed by atoms with Gasteiger partial charge in [-0.15, -0.1) is 0 Å². The molecule has 1 fully saturated rings. The van der Waals surface area contributed by atoms with E-state index < -0.39 is 116 Å². The summed E-state index contributed by atoms with van der Waals surface area (Å²) in [6, 6.07) is 18.5. The predicted octanol–water partition coefficient (Wildman–Crippen LogP) is 2.77. The monoisotopic (exact) mass is 1250 g/mol. The van der Waals surface area contributed by atoms with Crippen molar-refractivity contribution in [1.29, 1.82) is 0 Å². The van der Waals surface area contributed by atoms with Gasteiger partial charge in [0.2, 0.25) is 28.8 Å². The van der Waals surface area contributed by atoms with Crippen LogP contribution in [-0.4, -0.2) is 181 Å². The summed E-state index contributed by atoms with van der Waals surface area (Å²) in [6.45, 7) is 10.8. The third-order valence-electron chi connectivity index (χ3n) is 13.5. The Morgan fingerprint density at radius 3 is 1.81 bits per heavy atom. The number of alkyl carbamates (subject to hydrolysis) is 2. The summed E-state index contributed by atoms with van der Waals surface area (Å²) in [7, 11) is -8.76. The minimum Gasteiger partial charge on any atom is -0.444 e. The molecule has 3 aromatic carbocycles. The third kappa shape index (κ3) is 21.7. The first-order valence-electron chi connectivity index (χ1n) is 28.5. The summed E-state index contributed by atoms with van der Waals surface area (Å²) in [5.41, 5.74) is 0.143. The van der Waals surface area contributed by atoms with Gasteiger partial charge in [-0.2, -0.15) is 13.0 Å². The number of fused-ring (bicyclic) bond motifs is 2. The molecule has 0 aliphatic carbocycles. The molecule has 0 saturated carbocycles. The number of aliphatic hydroxyl groups excluding tert-OH is 4. The van der Waals surface area contributed by atoms with Gasteiger partial charge >= 0.3 is 12.2 Å². The molecule has 1 aromatic heterocycles. The second kappa shape index (κ2) is 31.8. The zero-order chi connectivity index (χ0) is 63.6. The maximum absolute atomic E-state index is 14.9. The largest absolute Gasteiger partial charge is 0.444 e. The fourth-order valence-corrected chi connectivity index (χ4v) is 11.2. The molecule has 4 aromatic rings. The average Bonchev–Trinajstić information content (AvgIpc) is 0.977. The van der Waals surface area contributed by atoms with Crippen molar-refractivity contribution in [2.45, 2.75) is 172 Å². The number of rotatable bonds is 30. The van der Waals surface area contributed by atoms with Crippen molar-refractivity contribution in [3.05, 3.63) is 83.9 Å². The minimum atomic E-state index is -4.50. The van der Waals surface area contributed by atoms with Gasteiger partial charge in [-0.3, -0.25) is 23.7 Å². The Balaban J connectivity index is 1.12. The first-order valence-corrected chi connectivity index (χ1v) is 31.6. The van der Waals surface area contributed by atoms with Crippen LogP contribution >= 0.6 is 0 Å².